The fraction of sp³-hybridized carbons (Fsp3) is 0.150. The smallest absolute Gasteiger partial charge is 0.254 e. The van der Waals surface area contributed by atoms with Crippen molar-refractivity contribution in [2.75, 3.05) is 13.1 Å². The van der Waals surface area contributed by atoms with E-state index in [1.54, 1.807) is 12.2 Å². The third kappa shape index (κ3) is 5.53. The van der Waals surface area contributed by atoms with Crippen LogP contribution in [0.2, 0.25) is 5.02 Å². The Balaban J connectivity index is 2.28. The minimum absolute atomic E-state index is 0.0473. The fourth-order valence-corrected chi connectivity index (χ4v) is 3.97. The van der Waals surface area contributed by atoms with E-state index in [1.165, 1.54) is 23.1 Å². The second-order valence-corrected chi connectivity index (χ2v) is 7.89. The van der Waals surface area contributed by atoms with Crippen LogP contribution in [0.1, 0.15) is 15.9 Å². The lowest BCUT2D eigenvalue weighted by Gasteiger charge is -2.20. The van der Waals surface area contributed by atoms with Gasteiger partial charge in [0.2, 0.25) is 10.0 Å². The monoisotopic (exact) mass is 404 g/mol. The predicted octanol–water partition coefficient (Wildman–Crippen LogP) is 3.63. The van der Waals surface area contributed by atoms with Crippen LogP contribution in [0.3, 0.4) is 0 Å². The molecule has 0 radical (unpaired) electrons. The Kier molecular flexibility index (Phi) is 7.36. The van der Waals surface area contributed by atoms with Crippen LogP contribution in [-0.4, -0.2) is 32.3 Å². The van der Waals surface area contributed by atoms with E-state index >= 15 is 0 Å². The molecular formula is C20H21ClN2O3S. The number of hydrogen-bond acceptors (Lipinski definition) is 3. The molecule has 0 spiro atoms. The number of benzene rings is 2. The molecule has 5 nitrogen and oxygen atoms in total. The quantitative estimate of drug-likeness (QED) is 0.649. The maximum atomic E-state index is 12.7. The molecule has 27 heavy (non-hydrogen) atoms. The minimum atomic E-state index is -3.89. The molecule has 2 aromatic rings. The first-order chi connectivity index (χ1) is 12.9. The van der Waals surface area contributed by atoms with Gasteiger partial charge < -0.3 is 4.90 Å². The molecule has 0 aliphatic carbocycles. The van der Waals surface area contributed by atoms with Gasteiger partial charge in [-0.25, -0.2) is 13.1 Å². The standard InChI is InChI=1S/C20H21ClN2O3S/c1-3-12-23(13-4-2)20(24)17-10-11-18(21)19(14-17)27(25,26)22-15-16-8-6-5-7-9-16/h3-11,14,22H,1-2,12-13,15H2. The molecule has 0 saturated heterocycles. The number of sulfonamides is 1. The molecule has 7 heteroatoms. The fourth-order valence-electron chi connectivity index (χ4n) is 2.43. The lowest BCUT2D eigenvalue weighted by molar-refractivity contribution is 0.0790. The zero-order valence-corrected chi connectivity index (χ0v) is 16.3. The number of nitrogens with zero attached hydrogens (tertiary/aromatic N) is 1. The van der Waals surface area contributed by atoms with Gasteiger partial charge in [-0.1, -0.05) is 54.1 Å². The molecule has 0 aromatic heterocycles. The van der Waals surface area contributed by atoms with Crippen LogP contribution < -0.4 is 4.72 Å². The van der Waals surface area contributed by atoms with Crippen LogP contribution in [0, 0.1) is 0 Å². The molecule has 2 rings (SSSR count). The number of amides is 1. The summed E-state index contributed by atoms with van der Waals surface area (Å²) < 4.78 is 27.8. The van der Waals surface area contributed by atoms with E-state index < -0.39 is 10.0 Å². The van der Waals surface area contributed by atoms with Gasteiger partial charge in [-0.05, 0) is 23.8 Å². The zero-order chi connectivity index (χ0) is 19.9. The summed E-state index contributed by atoms with van der Waals surface area (Å²) in [5.74, 6) is -0.328. The number of carbonyl (C=O) groups excluding carboxylic acids is 1. The Morgan fingerprint density at radius 3 is 2.30 bits per heavy atom. The molecule has 0 unspecified atom stereocenters. The highest BCUT2D eigenvalue weighted by atomic mass is 35.5. The minimum Gasteiger partial charge on any atom is -0.331 e. The molecule has 0 saturated carbocycles. The van der Waals surface area contributed by atoms with E-state index in [0.29, 0.717) is 13.1 Å². The number of carbonyl (C=O) groups is 1. The normalized spacial score (nSPS) is 11.0. The van der Waals surface area contributed by atoms with Crippen LogP contribution in [0.25, 0.3) is 0 Å². The molecular weight excluding hydrogens is 384 g/mol. The summed E-state index contributed by atoms with van der Waals surface area (Å²) in [4.78, 5) is 14.0. The summed E-state index contributed by atoms with van der Waals surface area (Å²) in [6, 6.07) is 13.3. The third-order valence-electron chi connectivity index (χ3n) is 3.76. The molecule has 1 amide bonds. The lowest BCUT2D eigenvalue weighted by Crippen LogP contribution is -2.31. The number of halogens is 1. The van der Waals surface area contributed by atoms with Gasteiger partial charge in [-0.2, -0.15) is 0 Å². The number of nitrogens with one attached hydrogen (secondary N) is 1. The third-order valence-corrected chi connectivity index (χ3v) is 5.65. The van der Waals surface area contributed by atoms with E-state index in [4.69, 9.17) is 11.6 Å². The first kappa shape index (κ1) is 20.9. The molecule has 142 valence electrons. The molecule has 0 atom stereocenters. The highest BCUT2D eigenvalue weighted by Crippen LogP contribution is 2.23. The van der Waals surface area contributed by atoms with E-state index in [0.717, 1.165) is 5.56 Å². The highest BCUT2D eigenvalue weighted by molar-refractivity contribution is 7.89. The van der Waals surface area contributed by atoms with E-state index in [1.807, 2.05) is 30.3 Å². The summed E-state index contributed by atoms with van der Waals surface area (Å²) >= 11 is 6.09. The maximum absolute atomic E-state index is 12.7. The average molecular weight is 405 g/mol. The molecule has 0 bridgehead atoms. The van der Waals surface area contributed by atoms with Gasteiger partial charge in [0.15, 0.2) is 0 Å². The van der Waals surface area contributed by atoms with Crippen molar-refractivity contribution >= 4 is 27.5 Å². The number of rotatable bonds is 9. The van der Waals surface area contributed by atoms with Crippen LogP contribution in [-0.2, 0) is 16.6 Å². The van der Waals surface area contributed by atoms with Gasteiger partial charge >= 0.3 is 0 Å². The summed E-state index contributed by atoms with van der Waals surface area (Å²) in [6.45, 7) is 8.02. The largest absolute Gasteiger partial charge is 0.331 e. The molecule has 0 fully saturated rings. The van der Waals surface area contributed by atoms with Crippen molar-refractivity contribution < 1.29 is 13.2 Å². The molecule has 2 aromatic carbocycles. The Hall–Kier alpha value is -2.41. The van der Waals surface area contributed by atoms with Crippen LogP contribution in [0.15, 0.2) is 78.7 Å². The van der Waals surface area contributed by atoms with Crippen LogP contribution in [0.5, 0.6) is 0 Å². The first-order valence-corrected chi connectivity index (χ1v) is 10.1. The molecule has 0 heterocycles. The van der Waals surface area contributed by atoms with Gasteiger partial charge in [0, 0.05) is 25.2 Å². The summed E-state index contributed by atoms with van der Waals surface area (Å²) in [5, 5.41) is 0.0473. The SMILES string of the molecule is C=CCN(CC=C)C(=O)c1ccc(Cl)c(S(=O)(=O)NCc2ccccc2)c1. The molecule has 0 aliphatic heterocycles. The summed E-state index contributed by atoms with van der Waals surface area (Å²) in [7, 11) is -3.89. The van der Waals surface area contributed by atoms with E-state index in [2.05, 4.69) is 17.9 Å². The topological polar surface area (TPSA) is 66.5 Å². The number of hydrogen-bond donors (Lipinski definition) is 1. The average Bonchev–Trinajstić information content (AvgIpc) is 2.67. The second-order valence-electron chi connectivity index (χ2n) is 5.74. The predicted molar refractivity (Wildman–Crippen MR) is 108 cm³/mol. The van der Waals surface area contributed by atoms with Gasteiger partial charge in [-0.3, -0.25) is 4.79 Å². The zero-order valence-electron chi connectivity index (χ0n) is 14.8. The summed E-state index contributed by atoms with van der Waals surface area (Å²) in [6.07, 6.45) is 3.19. The van der Waals surface area contributed by atoms with Crippen molar-refractivity contribution in [3.8, 4) is 0 Å². The van der Waals surface area contributed by atoms with Crippen molar-refractivity contribution in [1.82, 2.24) is 9.62 Å². The first-order valence-electron chi connectivity index (χ1n) is 8.23. The second kappa shape index (κ2) is 9.50. The van der Waals surface area contributed by atoms with Crippen molar-refractivity contribution in [3.63, 3.8) is 0 Å². The van der Waals surface area contributed by atoms with Crippen LogP contribution in [0.4, 0.5) is 0 Å². The molecule has 1 N–H and O–H groups in total. The van der Waals surface area contributed by atoms with Gasteiger partial charge in [0.25, 0.3) is 5.91 Å². The van der Waals surface area contributed by atoms with Crippen molar-refractivity contribution in [3.05, 3.63) is 90.0 Å². The van der Waals surface area contributed by atoms with Crippen molar-refractivity contribution in [2.45, 2.75) is 11.4 Å². The van der Waals surface area contributed by atoms with E-state index in [9.17, 15) is 13.2 Å². The lowest BCUT2D eigenvalue weighted by atomic mass is 10.2. The Morgan fingerprint density at radius 1 is 1.07 bits per heavy atom. The van der Waals surface area contributed by atoms with Gasteiger partial charge in [-0.15, -0.1) is 13.2 Å². The van der Waals surface area contributed by atoms with Gasteiger partial charge in [0.05, 0.1) is 5.02 Å². The molecule has 0 aliphatic rings. The maximum Gasteiger partial charge on any atom is 0.254 e. The Bertz CT molecular complexity index is 917. The van der Waals surface area contributed by atoms with Crippen molar-refractivity contribution in [1.29, 1.82) is 0 Å². The van der Waals surface area contributed by atoms with Crippen LogP contribution >= 0.6 is 11.6 Å². The van der Waals surface area contributed by atoms with E-state index in [-0.39, 0.29) is 27.9 Å². The Morgan fingerprint density at radius 2 is 1.70 bits per heavy atom. The van der Waals surface area contributed by atoms with Gasteiger partial charge in [0.1, 0.15) is 4.90 Å². The highest BCUT2D eigenvalue weighted by Gasteiger charge is 2.21. The summed E-state index contributed by atoms with van der Waals surface area (Å²) in [5.41, 5.74) is 1.04. The Labute approximate surface area is 165 Å². The van der Waals surface area contributed by atoms with Crippen molar-refractivity contribution in [2.24, 2.45) is 0 Å².